The molecule has 3 heteroatoms. The van der Waals surface area contributed by atoms with Crippen LogP contribution in [0.4, 0.5) is 0 Å². The first kappa shape index (κ1) is 8.43. The van der Waals surface area contributed by atoms with Gasteiger partial charge in [0.1, 0.15) is 0 Å². The average Bonchev–Trinajstić information content (AvgIpc) is 1.80. The Morgan fingerprint density at radius 2 is 2.22 bits per heavy atom. The maximum atomic E-state index is 9.88. The van der Waals surface area contributed by atoms with E-state index in [0.717, 1.165) is 12.8 Å². The number of rotatable bonds is 5. The largest absolute Gasteiger partial charge is 0.481 e. The van der Waals surface area contributed by atoms with E-state index < -0.39 is 5.97 Å². The second-order valence-corrected chi connectivity index (χ2v) is 1.83. The Balaban J connectivity index is 2.83. The molecule has 0 spiro atoms. The topological polar surface area (TPSA) is 63.3 Å². The molecule has 0 aliphatic carbocycles. The summed E-state index contributed by atoms with van der Waals surface area (Å²) in [4.78, 5) is 9.88. The number of nitrogens with two attached hydrogens (primary N) is 1. The van der Waals surface area contributed by atoms with Gasteiger partial charge in [0.25, 0.3) is 0 Å². The number of carbonyl (C=O) groups is 1. The molecule has 0 rings (SSSR count). The molecule has 3 nitrogen and oxygen atoms in total. The van der Waals surface area contributed by atoms with Crippen molar-refractivity contribution in [2.45, 2.75) is 19.3 Å². The van der Waals surface area contributed by atoms with E-state index in [0.29, 0.717) is 13.0 Å². The van der Waals surface area contributed by atoms with Crippen molar-refractivity contribution in [3.8, 4) is 0 Å². The summed E-state index contributed by atoms with van der Waals surface area (Å²) in [5, 5.41) is 8.13. The van der Waals surface area contributed by atoms with Gasteiger partial charge in [0.05, 0.1) is 6.42 Å². The highest BCUT2D eigenvalue weighted by molar-refractivity contribution is 5.76. The molecule has 0 aromatic carbocycles. The lowest BCUT2D eigenvalue weighted by molar-refractivity contribution is -0.133. The molecular formula is C6H12NO2. The van der Waals surface area contributed by atoms with Crippen LogP contribution in [-0.4, -0.2) is 17.6 Å². The molecule has 3 N–H and O–H groups in total. The van der Waals surface area contributed by atoms with Gasteiger partial charge in [-0.1, -0.05) is 6.42 Å². The van der Waals surface area contributed by atoms with Gasteiger partial charge in [-0.2, -0.15) is 0 Å². The average molecular weight is 130 g/mol. The van der Waals surface area contributed by atoms with Gasteiger partial charge < -0.3 is 10.8 Å². The molecule has 0 aliphatic rings. The highest BCUT2D eigenvalue weighted by atomic mass is 16.4. The van der Waals surface area contributed by atoms with Crippen LogP contribution in [0.3, 0.4) is 0 Å². The number of hydrogen-bond donors (Lipinski definition) is 2. The molecule has 0 unspecified atom stereocenters. The smallest absolute Gasteiger partial charge is 0.307 e. The summed E-state index contributed by atoms with van der Waals surface area (Å²) in [6, 6.07) is 0. The van der Waals surface area contributed by atoms with Crippen molar-refractivity contribution in [2.24, 2.45) is 5.73 Å². The van der Waals surface area contributed by atoms with Crippen molar-refractivity contribution in [1.29, 1.82) is 0 Å². The molecule has 0 aliphatic heterocycles. The number of carboxylic acid groups (broad SMARTS) is 1. The fourth-order valence-corrected chi connectivity index (χ4v) is 0.514. The van der Waals surface area contributed by atoms with Crippen molar-refractivity contribution in [2.75, 3.05) is 6.54 Å². The second-order valence-electron chi connectivity index (χ2n) is 1.83. The lowest BCUT2D eigenvalue weighted by Crippen LogP contribution is -2.00. The molecule has 0 amide bonds. The third-order valence-electron chi connectivity index (χ3n) is 0.977. The third-order valence-corrected chi connectivity index (χ3v) is 0.977. The SMILES string of the molecule is NCCCC[CH]C(=O)O. The minimum absolute atomic E-state index is 0.631. The van der Waals surface area contributed by atoms with Crippen LogP contribution in [0.15, 0.2) is 0 Å². The van der Waals surface area contributed by atoms with Crippen LogP contribution >= 0.6 is 0 Å². The number of carboxylic acids is 1. The standard InChI is InChI=1S/C6H12NO2/c7-5-3-1-2-4-6(8)9/h4H,1-3,5,7H2,(H,8,9). The van der Waals surface area contributed by atoms with E-state index in [1.807, 2.05) is 0 Å². The van der Waals surface area contributed by atoms with Crippen LogP contribution in [0.25, 0.3) is 0 Å². The first-order valence-electron chi connectivity index (χ1n) is 3.03. The van der Waals surface area contributed by atoms with E-state index in [9.17, 15) is 4.79 Å². The molecule has 0 atom stereocenters. The van der Waals surface area contributed by atoms with Gasteiger partial charge in [-0.05, 0) is 19.4 Å². The third kappa shape index (κ3) is 7.43. The Kier molecular flexibility index (Phi) is 5.21. The molecule has 0 aromatic rings. The van der Waals surface area contributed by atoms with Crippen molar-refractivity contribution < 1.29 is 9.90 Å². The predicted octanol–water partition coefficient (Wildman–Crippen LogP) is 0.404. The molecule has 0 saturated carbocycles. The summed E-state index contributed by atoms with van der Waals surface area (Å²) in [6.07, 6.45) is 3.68. The normalized spacial score (nSPS) is 9.44. The predicted molar refractivity (Wildman–Crippen MR) is 34.8 cm³/mol. The second kappa shape index (κ2) is 5.56. The van der Waals surface area contributed by atoms with Crippen molar-refractivity contribution in [3.63, 3.8) is 0 Å². The molecule has 0 heterocycles. The quantitative estimate of drug-likeness (QED) is 0.529. The van der Waals surface area contributed by atoms with Crippen LogP contribution in [0.1, 0.15) is 19.3 Å². The summed E-state index contributed by atoms with van der Waals surface area (Å²) in [5.74, 6) is -0.841. The van der Waals surface area contributed by atoms with E-state index in [1.165, 1.54) is 6.42 Å². The van der Waals surface area contributed by atoms with Crippen molar-refractivity contribution >= 4 is 5.97 Å². The lowest BCUT2D eigenvalue weighted by Gasteiger charge is -1.92. The zero-order chi connectivity index (χ0) is 7.11. The maximum absolute atomic E-state index is 9.88. The monoisotopic (exact) mass is 130 g/mol. The highest BCUT2D eigenvalue weighted by Crippen LogP contribution is 1.95. The van der Waals surface area contributed by atoms with Gasteiger partial charge in [-0.25, -0.2) is 0 Å². The first-order chi connectivity index (χ1) is 4.27. The van der Waals surface area contributed by atoms with E-state index in [-0.39, 0.29) is 0 Å². The molecule has 0 bridgehead atoms. The number of aliphatic carboxylic acids is 1. The van der Waals surface area contributed by atoms with Gasteiger partial charge in [-0.15, -0.1) is 0 Å². The van der Waals surface area contributed by atoms with Crippen LogP contribution < -0.4 is 5.73 Å². The van der Waals surface area contributed by atoms with Gasteiger partial charge in [-0.3, -0.25) is 4.79 Å². The van der Waals surface area contributed by atoms with Gasteiger partial charge in [0, 0.05) is 0 Å². The molecule has 0 aromatic heterocycles. The zero-order valence-corrected chi connectivity index (χ0v) is 5.34. The fourth-order valence-electron chi connectivity index (χ4n) is 0.514. The minimum Gasteiger partial charge on any atom is -0.481 e. The van der Waals surface area contributed by atoms with E-state index >= 15 is 0 Å². The fraction of sp³-hybridized carbons (Fsp3) is 0.667. The molecule has 0 fully saturated rings. The first-order valence-corrected chi connectivity index (χ1v) is 3.03. The van der Waals surface area contributed by atoms with Crippen LogP contribution in [-0.2, 0) is 4.79 Å². The Morgan fingerprint density at radius 1 is 1.56 bits per heavy atom. The summed E-state index contributed by atoms with van der Waals surface area (Å²) >= 11 is 0. The molecule has 1 radical (unpaired) electrons. The zero-order valence-electron chi connectivity index (χ0n) is 5.34. The number of unbranched alkanes of at least 4 members (excludes halogenated alkanes) is 2. The van der Waals surface area contributed by atoms with Crippen LogP contribution in [0.5, 0.6) is 0 Å². The van der Waals surface area contributed by atoms with Crippen molar-refractivity contribution in [3.05, 3.63) is 6.42 Å². The minimum atomic E-state index is -0.841. The van der Waals surface area contributed by atoms with Gasteiger partial charge in [0.15, 0.2) is 0 Å². The maximum Gasteiger partial charge on any atom is 0.307 e. The molecular weight excluding hydrogens is 118 g/mol. The van der Waals surface area contributed by atoms with Crippen LogP contribution in [0, 0.1) is 6.42 Å². The Morgan fingerprint density at radius 3 is 2.67 bits per heavy atom. The summed E-state index contributed by atoms with van der Waals surface area (Å²) in [7, 11) is 0. The molecule has 9 heavy (non-hydrogen) atoms. The molecule has 53 valence electrons. The number of hydrogen-bond acceptors (Lipinski definition) is 2. The Bertz CT molecular complexity index is 83.1. The van der Waals surface area contributed by atoms with Crippen molar-refractivity contribution in [1.82, 2.24) is 0 Å². The lowest BCUT2D eigenvalue weighted by atomic mass is 10.2. The Hall–Kier alpha value is -0.570. The summed E-state index contributed by atoms with van der Waals surface area (Å²) < 4.78 is 0. The molecule has 0 saturated heterocycles. The van der Waals surface area contributed by atoms with E-state index in [2.05, 4.69) is 0 Å². The van der Waals surface area contributed by atoms with Crippen LogP contribution in [0.2, 0.25) is 0 Å². The van der Waals surface area contributed by atoms with Gasteiger partial charge in [0.2, 0.25) is 0 Å². The summed E-state index contributed by atoms with van der Waals surface area (Å²) in [5.41, 5.74) is 5.18. The summed E-state index contributed by atoms with van der Waals surface area (Å²) in [6.45, 7) is 0.646. The van der Waals surface area contributed by atoms with Gasteiger partial charge >= 0.3 is 5.97 Å². The van der Waals surface area contributed by atoms with E-state index in [4.69, 9.17) is 10.8 Å². The highest BCUT2D eigenvalue weighted by Gasteiger charge is 1.94. The Labute approximate surface area is 54.9 Å². The van der Waals surface area contributed by atoms with E-state index in [1.54, 1.807) is 0 Å².